The summed E-state index contributed by atoms with van der Waals surface area (Å²) in [6.45, 7) is 5.51. The third-order valence-corrected chi connectivity index (χ3v) is 3.56. The molecule has 1 aromatic carbocycles. The zero-order valence-electron chi connectivity index (χ0n) is 9.87. The van der Waals surface area contributed by atoms with Gasteiger partial charge < -0.3 is 5.73 Å². The number of nitrogens with two attached hydrogens (primary N) is 1. The second-order valence-corrected chi connectivity index (χ2v) is 4.67. The van der Waals surface area contributed by atoms with Crippen LogP contribution in [-0.2, 0) is 0 Å². The highest BCUT2D eigenvalue weighted by Gasteiger charge is 2.14. The molecule has 0 saturated carbocycles. The number of halogens is 2. The molecule has 2 rings (SSSR count). The summed E-state index contributed by atoms with van der Waals surface area (Å²) >= 11 is 12.2. The Hall–Kier alpha value is -1.51. The van der Waals surface area contributed by atoms with Gasteiger partial charge in [0.1, 0.15) is 0 Å². The summed E-state index contributed by atoms with van der Waals surface area (Å²) in [6.07, 6.45) is 1.78. The Labute approximate surface area is 116 Å². The lowest BCUT2D eigenvalue weighted by Crippen LogP contribution is -1.97. The van der Waals surface area contributed by atoms with E-state index < -0.39 is 0 Å². The molecule has 2 nitrogen and oxygen atoms in total. The summed E-state index contributed by atoms with van der Waals surface area (Å²) in [7, 11) is 0. The maximum absolute atomic E-state index is 6.19. The van der Waals surface area contributed by atoms with E-state index in [9.17, 15) is 0 Å². The smallest absolute Gasteiger partial charge is 0.0914 e. The molecule has 18 heavy (non-hydrogen) atoms. The van der Waals surface area contributed by atoms with Crippen LogP contribution in [-0.4, -0.2) is 4.98 Å². The topological polar surface area (TPSA) is 38.9 Å². The van der Waals surface area contributed by atoms with Crippen LogP contribution >= 0.6 is 23.2 Å². The maximum Gasteiger partial charge on any atom is 0.0914 e. The van der Waals surface area contributed by atoms with E-state index in [-0.39, 0.29) is 0 Å². The molecule has 0 saturated heterocycles. The highest BCUT2D eigenvalue weighted by molar-refractivity contribution is 6.40. The predicted molar refractivity (Wildman–Crippen MR) is 78.9 cm³/mol. The standard InChI is InChI=1S/C14H12Cl2N2/c1-3-9-4-6-10(7-5-9)14-12(16)13(17)11(15)8(2)18-14/h3-7H,1H2,2H3,(H2,17,18). The van der Waals surface area contributed by atoms with Crippen LogP contribution in [0.2, 0.25) is 10.0 Å². The lowest BCUT2D eigenvalue weighted by atomic mass is 10.1. The van der Waals surface area contributed by atoms with Gasteiger partial charge in [0, 0.05) is 5.56 Å². The minimum Gasteiger partial charge on any atom is -0.396 e. The molecular weight excluding hydrogens is 267 g/mol. The average molecular weight is 279 g/mol. The van der Waals surface area contributed by atoms with Crippen LogP contribution in [0.1, 0.15) is 11.3 Å². The van der Waals surface area contributed by atoms with E-state index in [2.05, 4.69) is 11.6 Å². The van der Waals surface area contributed by atoms with Crippen molar-refractivity contribution < 1.29 is 0 Å². The molecule has 4 heteroatoms. The molecule has 0 aliphatic rings. The first-order chi connectivity index (χ1) is 8.54. The monoisotopic (exact) mass is 278 g/mol. The van der Waals surface area contributed by atoms with Gasteiger partial charge >= 0.3 is 0 Å². The second kappa shape index (κ2) is 5.01. The van der Waals surface area contributed by atoms with Crippen molar-refractivity contribution in [2.45, 2.75) is 6.92 Å². The molecule has 2 aromatic rings. The van der Waals surface area contributed by atoms with Crippen molar-refractivity contribution in [1.29, 1.82) is 0 Å². The van der Waals surface area contributed by atoms with Crippen LogP contribution in [0.3, 0.4) is 0 Å². The van der Waals surface area contributed by atoms with Gasteiger partial charge in [0.25, 0.3) is 0 Å². The fourth-order valence-corrected chi connectivity index (χ4v) is 2.08. The van der Waals surface area contributed by atoms with Crippen molar-refractivity contribution in [2.24, 2.45) is 0 Å². The van der Waals surface area contributed by atoms with Crippen LogP contribution in [0, 0.1) is 6.92 Å². The number of anilines is 1. The van der Waals surface area contributed by atoms with Crippen LogP contribution in [0.15, 0.2) is 30.8 Å². The molecule has 0 bridgehead atoms. The number of rotatable bonds is 2. The first-order valence-electron chi connectivity index (χ1n) is 5.38. The van der Waals surface area contributed by atoms with Gasteiger partial charge in [-0.05, 0) is 12.5 Å². The van der Waals surface area contributed by atoms with E-state index in [0.717, 1.165) is 11.1 Å². The molecule has 0 radical (unpaired) electrons. The Morgan fingerprint density at radius 2 is 1.78 bits per heavy atom. The molecule has 0 amide bonds. The van der Waals surface area contributed by atoms with Crippen molar-refractivity contribution in [2.75, 3.05) is 5.73 Å². The summed E-state index contributed by atoms with van der Waals surface area (Å²) in [4.78, 5) is 4.39. The first-order valence-corrected chi connectivity index (χ1v) is 6.14. The summed E-state index contributed by atoms with van der Waals surface area (Å²) in [5.41, 5.74) is 9.47. The quantitative estimate of drug-likeness (QED) is 0.873. The van der Waals surface area contributed by atoms with Crippen molar-refractivity contribution in [3.63, 3.8) is 0 Å². The van der Waals surface area contributed by atoms with Gasteiger partial charge in [-0.2, -0.15) is 0 Å². The predicted octanol–water partition coefficient (Wildman–Crippen LogP) is 4.59. The average Bonchev–Trinajstić information content (AvgIpc) is 2.41. The fourth-order valence-electron chi connectivity index (χ4n) is 1.65. The molecule has 2 N–H and O–H groups in total. The number of nitrogens with zero attached hydrogens (tertiary/aromatic N) is 1. The Kier molecular flexibility index (Phi) is 3.60. The number of hydrogen-bond acceptors (Lipinski definition) is 2. The molecule has 0 aliphatic heterocycles. The fraction of sp³-hybridized carbons (Fsp3) is 0.0714. The molecule has 0 aliphatic carbocycles. The number of aromatic nitrogens is 1. The highest BCUT2D eigenvalue weighted by atomic mass is 35.5. The van der Waals surface area contributed by atoms with Crippen molar-refractivity contribution in [1.82, 2.24) is 4.98 Å². The summed E-state index contributed by atoms with van der Waals surface area (Å²) in [5.74, 6) is 0. The van der Waals surface area contributed by atoms with Crippen molar-refractivity contribution >= 4 is 35.0 Å². The molecule has 0 spiro atoms. The summed E-state index contributed by atoms with van der Waals surface area (Å²) in [5, 5.41) is 0.795. The minimum absolute atomic E-state index is 0.369. The van der Waals surface area contributed by atoms with Gasteiger partial charge in [0.05, 0.1) is 27.1 Å². The van der Waals surface area contributed by atoms with Gasteiger partial charge in [-0.1, -0.05) is 60.1 Å². The van der Waals surface area contributed by atoms with E-state index >= 15 is 0 Å². The molecule has 0 fully saturated rings. The first kappa shape index (κ1) is 12.9. The molecule has 1 aromatic heterocycles. The van der Waals surface area contributed by atoms with E-state index in [1.165, 1.54) is 0 Å². The SMILES string of the molecule is C=Cc1ccc(-c2nc(C)c(Cl)c(N)c2Cl)cc1. The lowest BCUT2D eigenvalue weighted by molar-refractivity contribution is 1.21. The third kappa shape index (κ3) is 2.22. The van der Waals surface area contributed by atoms with Crippen molar-refractivity contribution in [3.8, 4) is 11.3 Å². The maximum atomic E-state index is 6.19. The lowest BCUT2D eigenvalue weighted by Gasteiger charge is -2.10. The van der Waals surface area contributed by atoms with E-state index in [0.29, 0.717) is 27.1 Å². The zero-order chi connectivity index (χ0) is 13.3. The Balaban J connectivity index is 2.60. The van der Waals surface area contributed by atoms with Crippen molar-refractivity contribution in [3.05, 3.63) is 52.1 Å². The minimum atomic E-state index is 0.369. The van der Waals surface area contributed by atoms with Crippen LogP contribution in [0.5, 0.6) is 0 Å². The normalized spacial score (nSPS) is 10.4. The van der Waals surface area contributed by atoms with E-state index in [1.54, 1.807) is 13.0 Å². The molecule has 1 heterocycles. The Morgan fingerprint density at radius 1 is 1.17 bits per heavy atom. The highest BCUT2D eigenvalue weighted by Crippen LogP contribution is 2.36. The number of pyridine rings is 1. The summed E-state index contributed by atoms with van der Waals surface area (Å²) in [6, 6.07) is 7.75. The zero-order valence-corrected chi connectivity index (χ0v) is 11.4. The second-order valence-electron chi connectivity index (χ2n) is 3.91. The van der Waals surface area contributed by atoms with E-state index in [1.807, 2.05) is 24.3 Å². The number of hydrogen-bond donors (Lipinski definition) is 1. The van der Waals surface area contributed by atoms with Gasteiger partial charge in [-0.25, -0.2) is 4.98 Å². The number of nitrogen functional groups attached to an aromatic ring is 1. The van der Waals surface area contributed by atoms with Crippen LogP contribution in [0.25, 0.3) is 17.3 Å². The van der Waals surface area contributed by atoms with Crippen LogP contribution < -0.4 is 5.73 Å². The molecule has 0 unspecified atom stereocenters. The van der Waals surface area contributed by atoms with Crippen LogP contribution in [0.4, 0.5) is 5.69 Å². The molecular formula is C14H12Cl2N2. The van der Waals surface area contributed by atoms with Gasteiger partial charge in [0.15, 0.2) is 0 Å². The number of aryl methyl sites for hydroxylation is 1. The third-order valence-electron chi connectivity index (χ3n) is 2.70. The van der Waals surface area contributed by atoms with Gasteiger partial charge in [-0.3, -0.25) is 0 Å². The van der Waals surface area contributed by atoms with Gasteiger partial charge in [-0.15, -0.1) is 0 Å². The summed E-state index contributed by atoms with van der Waals surface area (Å²) < 4.78 is 0. The Morgan fingerprint density at radius 3 is 2.33 bits per heavy atom. The number of benzene rings is 1. The largest absolute Gasteiger partial charge is 0.396 e. The molecule has 92 valence electrons. The van der Waals surface area contributed by atoms with Gasteiger partial charge in [0.2, 0.25) is 0 Å². The van der Waals surface area contributed by atoms with E-state index in [4.69, 9.17) is 28.9 Å². The Bertz CT molecular complexity index is 604. The molecule has 0 atom stereocenters.